The van der Waals surface area contributed by atoms with E-state index < -0.39 is 0 Å². The fourth-order valence-electron chi connectivity index (χ4n) is 2.61. The van der Waals surface area contributed by atoms with Gasteiger partial charge in [0.25, 0.3) is 0 Å². The molecule has 0 fully saturated rings. The molecule has 0 aliphatic carbocycles. The molecule has 0 unspecified atom stereocenters. The summed E-state index contributed by atoms with van der Waals surface area (Å²) in [4.78, 5) is 4.46. The Morgan fingerprint density at radius 2 is 2.05 bits per heavy atom. The van der Waals surface area contributed by atoms with Gasteiger partial charge in [0.05, 0.1) is 6.54 Å². The van der Waals surface area contributed by atoms with Crippen LogP contribution in [-0.4, -0.2) is 21.2 Å². The van der Waals surface area contributed by atoms with Crippen LogP contribution in [0.2, 0.25) is 0 Å². The van der Waals surface area contributed by atoms with Crippen molar-refractivity contribution in [3.63, 3.8) is 0 Å². The van der Waals surface area contributed by atoms with Crippen molar-refractivity contribution in [1.82, 2.24) is 19.4 Å². The van der Waals surface area contributed by atoms with E-state index in [1.54, 1.807) is 0 Å². The van der Waals surface area contributed by atoms with Crippen molar-refractivity contribution in [2.45, 2.75) is 26.6 Å². The van der Waals surface area contributed by atoms with Gasteiger partial charge in [0.15, 0.2) is 0 Å². The minimum atomic E-state index is 0.813. The summed E-state index contributed by atoms with van der Waals surface area (Å²) in [6, 6.07) is 8.78. The van der Waals surface area contributed by atoms with Gasteiger partial charge < -0.3 is 14.5 Å². The average molecular weight is 268 g/mol. The summed E-state index contributed by atoms with van der Waals surface area (Å²) in [5.74, 6) is 1.10. The Morgan fingerprint density at radius 3 is 2.85 bits per heavy atom. The van der Waals surface area contributed by atoms with E-state index in [4.69, 9.17) is 0 Å². The maximum Gasteiger partial charge on any atom is 0.128 e. The van der Waals surface area contributed by atoms with E-state index in [0.29, 0.717) is 0 Å². The van der Waals surface area contributed by atoms with Gasteiger partial charge in [0.2, 0.25) is 0 Å². The minimum Gasteiger partial charge on any atom is -0.340 e. The minimum absolute atomic E-state index is 0.813. The maximum absolute atomic E-state index is 4.46. The molecule has 4 heteroatoms. The second-order valence-electron chi connectivity index (χ2n) is 5.00. The van der Waals surface area contributed by atoms with E-state index in [1.165, 1.54) is 16.5 Å². The van der Waals surface area contributed by atoms with Gasteiger partial charge in [-0.1, -0.05) is 12.1 Å². The Morgan fingerprint density at radius 1 is 1.15 bits per heavy atom. The second-order valence-corrected chi connectivity index (χ2v) is 5.00. The number of benzene rings is 1. The van der Waals surface area contributed by atoms with Crippen molar-refractivity contribution in [2.24, 2.45) is 0 Å². The van der Waals surface area contributed by atoms with Gasteiger partial charge in [0.1, 0.15) is 5.82 Å². The molecule has 0 atom stereocenters. The number of aryl methyl sites for hydroxylation is 1. The molecule has 4 nitrogen and oxygen atoms in total. The number of fused-ring (bicyclic) bond motifs is 1. The molecule has 1 N–H and O–H groups in total. The van der Waals surface area contributed by atoms with Gasteiger partial charge in [-0.15, -0.1) is 0 Å². The molecule has 1 aromatic carbocycles. The lowest BCUT2D eigenvalue weighted by atomic mass is 10.1. The molecule has 0 saturated heterocycles. The SMILES string of the molecule is CCn1ccnc1Cn1ccc2ccc(CNC)cc21. The van der Waals surface area contributed by atoms with E-state index in [2.05, 4.69) is 56.8 Å². The zero-order valence-electron chi connectivity index (χ0n) is 12.0. The zero-order valence-corrected chi connectivity index (χ0v) is 12.0. The van der Waals surface area contributed by atoms with Crippen molar-refractivity contribution in [1.29, 1.82) is 0 Å². The Balaban J connectivity index is 1.96. The van der Waals surface area contributed by atoms with Crippen LogP contribution in [0.4, 0.5) is 0 Å². The molecule has 0 spiro atoms. The highest BCUT2D eigenvalue weighted by molar-refractivity contribution is 5.80. The van der Waals surface area contributed by atoms with E-state index in [1.807, 2.05) is 19.4 Å². The summed E-state index contributed by atoms with van der Waals surface area (Å²) in [7, 11) is 1.97. The third kappa shape index (κ3) is 2.34. The van der Waals surface area contributed by atoms with Crippen molar-refractivity contribution in [2.75, 3.05) is 7.05 Å². The van der Waals surface area contributed by atoms with Gasteiger partial charge in [-0.25, -0.2) is 4.98 Å². The maximum atomic E-state index is 4.46. The molecule has 0 aliphatic rings. The number of nitrogens with one attached hydrogen (secondary N) is 1. The summed E-state index contributed by atoms with van der Waals surface area (Å²) in [6.07, 6.45) is 6.05. The first-order valence-corrected chi connectivity index (χ1v) is 7.04. The monoisotopic (exact) mass is 268 g/mol. The van der Waals surface area contributed by atoms with E-state index in [9.17, 15) is 0 Å². The molecular weight excluding hydrogens is 248 g/mol. The quantitative estimate of drug-likeness (QED) is 0.772. The molecule has 2 heterocycles. The highest BCUT2D eigenvalue weighted by Crippen LogP contribution is 2.19. The lowest BCUT2D eigenvalue weighted by Crippen LogP contribution is -2.07. The average Bonchev–Trinajstić information content (AvgIpc) is 3.07. The Hall–Kier alpha value is -2.07. The van der Waals surface area contributed by atoms with Gasteiger partial charge in [-0.05, 0) is 37.1 Å². The zero-order chi connectivity index (χ0) is 13.9. The van der Waals surface area contributed by atoms with Gasteiger partial charge in [-0.3, -0.25) is 0 Å². The molecule has 0 radical (unpaired) electrons. The van der Waals surface area contributed by atoms with Crippen molar-refractivity contribution >= 4 is 10.9 Å². The smallest absolute Gasteiger partial charge is 0.128 e. The van der Waals surface area contributed by atoms with Gasteiger partial charge in [-0.2, -0.15) is 0 Å². The second kappa shape index (κ2) is 5.51. The van der Waals surface area contributed by atoms with Crippen molar-refractivity contribution in [3.05, 3.63) is 54.2 Å². The Labute approximate surface area is 119 Å². The lowest BCUT2D eigenvalue weighted by Gasteiger charge is -2.08. The van der Waals surface area contributed by atoms with Crippen LogP contribution in [0.15, 0.2) is 42.9 Å². The molecule has 0 bridgehead atoms. The number of rotatable bonds is 5. The van der Waals surface area contributed by atoms with Crippen LogP contribution < -0.4 is 5.32 Å². The predicted octanol–water partition coefficient (Wildman–Crippen LogP) is 2.63. The number of hydrogen-bond acceptors (Lipinski definition) is 2. The lowest BCUT2D eigenvalue weighted by molar-refractivity contribution is 0.661. The highest BCUT2D eigenvalue weighted by atomic mass is 15.1. The summed E-state index contributed by atoms with van der Waals surface area (Å²) in [5, 5.41) is 4.48. The van der Waals surface area contributed by atoms with Gasteiger partial charge in [0, 0.05) is 37.2 Å². The van der Waals surface area contributed by atoms with Crippen LogP contribution >= 0.6 is 0 Å². The van der Waals surface area contributed by atoms with E-state index in [-0.39, 0.29) is 0 Å². The van der Waals surface area contributed by atoms with Crippen LogP contribution in [0.25, 0.3) is 10.9 Å². The normalized spacial score (nSPS) is 11.3. The highest BCUT2D eigenvalue weighted by Gasteiger charge is 2.06. The van der Waals surface area contributed by atoms with E-state index >= 15 is 0 Å². The Bertz CT molecular complexity index is 708. The molecule has 20 heavy (non-hydrogen) atoms. The summed E-state index contributed by atoms with van der Waals surface area (Å²) in [5.41, 5.74) is 2.57. The molecule has 3 rings (SSSR count). The van der Waals surface area contributed by atoms with Crippen molar-refractivity contribution in [3.8, 4) is 0 Å². The number of aromatic nitrogens is 3. The summed E-state index contributed by atoms with van der Waals surface area (Å²) >= 11 is 0. The molecular formula is C16H20N4. The molecule has 2 aromatic heterocycles. The summed E-state index contributed by atoms with van der Waals surface area (Å²) in [6.45, 7) is 4.81. The first-order valence-electron chi connectivity index (χ1n) is 7.04. The summed E-state index contributed by atoms with van der Waals surface area (Å²) < 4.78 is 4.45. The van der Waals surface area contributed by atoms with Crippen LogP contribution in [0.3, 0.4) is 0 Å². The van der Waals surface area contributed by atoms with E-state index in [0.717, 1.165) is 25.5 Å². The third-order valence-corrected chi connectivity index (χ3v) is 3.67. The number of imidazole rings is 1. The predicted molar refractivity (Wildman–Crippen MR) is 81.7 cm³/mol. The molecule has 104 valence electrons. The first kappa shape index (κ1) is 12.9. The number of hydrogen-bond donors (Lipinski definition) is 1. The molecule has 0 aliphatic heterocycles. The van der Waals surface area contributed by atoms with Crippen LogP contribution in [0, 0.1) is 0 Å². The number of nitrogens with zero attached hydrogens (tertiary/aromatic N) is 3. The Kier molecular flexibility index (Phi) is 3.56. The van der Waals surface area contributed by atoms with Gasteiger partial charge >= 0.3 is 0 Å². The van der Waals surface area contributed by atoms with Crippen LogP contribution in [0.1, 0.15) is 18.3 Å². The fraction of sp³-hybridized carbons (Fsp3) is 0.312. The molecule has 3 aromatic rings. The topological polar surface area (TPSA) is 34.8 Å². The largest absolute Gasteiger partial charge is 0.340 e. The molecule has 0 amide bonds. The first-order chi connectivity index (χ1) is 9.81. The molecule has 0 saturated carbocycles. The standard InChI is InChI=1S/C16H20N4/c1-3-19-9-7-18-16(19)12-20-8-6-14-5-4-13(11-17-2)10-15(14)20/h4-10,17H,3,11-12H2,1-2H3. The fourth-order valence-corrected chi connectivity index (χ4v) is 2.61. The third-order valence-electron chi connectivity index (χ3n) is 3.67. The van der Waals surface area contributed by atoms with Crippen LogP contribution in [0.5, 0.6) is 0 Å². The van der Waals surface area contributed by atoms with Crippen LogP contribution in [-0.2, 0) is 19.6 Å². The van der Waals surface area contributed by atoms with Crippen molar-refractivity contribution < 1.29 is 0 Å².